The highest BCUT2D eigenvalue weighted by Gasteiger charge is 2.42. The third-order valence-corrected chi connectivity index (χ3v) is 4.95. The first-order chi connectivity index (χ1) is 14.4. The van der Waals surface area contributed by atoms with Crippen LogP contribution in [0.1, 0.15) is 23.8 Å². The molecule has 0 spiro atoms. The molecule has 1 atom stereocenters. The molecule has 1 amide bonds. The van der Waals surface area contributed by atoms with Crippen molar-refractivity contribution in [2.75, 3.05) is 34.3 Å². The first-order valence-corrected chi connectivity index (χ1v) is 9.71. The summed E-state index contributed by atoms with van der Waals surface area (Å²) in [5.74, 6) is -0.301. The summed E-state index contributed by atoms with van der Waals surface area (Å²) in [7, 11) is 5.48. The summed E-state index contributed by atoms with van der Waals surface area (Å²) < 4.78 is 10.4. The summed E-state index contributed by atoms with van der Waals surface area (Å²) in [5, 5.41) is 10.6. The summed E-state index contributed by atoms with van der Waals surface area (Å²) in [4.78, 5) is 29.4. The minimum Gasteiger partial charge on any atom is -0.503 e. The van der Waals surface area contributed by atoms with E-state index in [4.69, 9.17) is 9.15 Å². The van der Waals surface area contributed by atoms with E-state index in [2.05, 4.69) is 0 Å². The lowest BCUT2D eigenvalue weighted by Crippen LogP contribution is -2.33. The van der Waals surface area contributed by atoms with Gasteiger partial charge in [0.25, 0.3) is 5.91 Å². The first-order valence-electron chi connectivity index (χ1n) is 9.71. The molecule has 1 aliphatic heterocycles. The van der Waals surface area contributed by atoms with Crippen LogP contribution in [0.2, 0.25) is 0 Å². The van der Waals surface area contributed by atoms with Crippen LogP contribution in [0.5, 0.6) is 5.75 Å². The van der Waals surface area contributed by atoms with Crippen molar-refractivity contribution in [3.8, 4) is 5.75 Å². The van der Waals surface area contributed by atoms with Gasteiger partial charge in [0, 0.05) is 6.54 Å². The number of furan rings is 1. The van der Waals surface area contributed by atoms with Crippen molar-refractivity contribution < 1.29 is 23.8 Å². The van der Waals surface area contributed by atoms with Crippen LogP contribution in [0.15, 0.2) is 64.5 Å². The Bertz CT molecular complexity index is 942. The molecule has 2 heterocycles. The van der Waals surface area contributed by atoms with E-state index in [1.165, 1.54) is 18.4 Å². The zero-order chi connectivity index (χ0) is 21.7. The largest absolute Gasteiger partial charge is 0.503 e. The van der Waals surface area contributed by atoms with Gasteiger partial charge in [-0.05, 0) is 69.0 Å². The molecule has 1 N–H and O–H groups in total. The van der Waals surface area contributed by atoms with Gasteiger partial charge in [0.05, 0.1) is 25.0 Å². The van der Waals surface area contributed by atoms with Gasteiger partial charge in [-0.25, -0.2) is 0 Å². The Morgan fingerprint density at radius 3 is 2.60 bits per heavy atom. The van der Waals surface area contributed by atoms with Crippen molar-refractivity contribution in [2.45, 2.75) is 12.5 Å². The maximum absolute atomic E-state index is 13.0. The van der Waals surface area contributed by atoms with Crippen molar-refractivity contribution >= 4 is 17.8 Å². The number of rotatable bonds is 9. The molecule has 1 aromatic heterocycles. The lowest BCUT2D eigenvalue weighted by molar-refractivity contribution is -0.129. The predicted octanol–water partition coefficient (Wildman–Crippen LogP) is 3.22. The Morgan fingerprint density at radius 2 is 2.00 bits per heavy atom. The van der Waals surface area contributed by atoms with Crippen LogP contribution in [0, 0.1) is 0 Å². The fourth-order valence-corrected chi connectivity index (χ4v) is 3.46. The van der Waals surface area contributed by atoms with Gasteiger partial charge >= 0.3 is 0 Å². The number of carbonyl (C=O) groups is 2. The van der Waals surface area contributed by atoms with Crippen molar-refractivity contribution in [3.63, 3.8) is 0 Å². The molecule has 1 aromatic carbocycles. The van der Waals surface area contributed by atoms with Crippen molar-refractivity contribution in [3.05, 3.63) is 71.4 Å². The minimum atomic E-state index is -0.667. The number of aliphatic hydroxyl groups excluding tert-OH is 1. The molecule has 7 heteroatoms. The summed E-state index contributed by atoms with van der Waals surface area (Å²) in [6.07, 6.45) is 5.05. The quantitative estimate of drug-likeness (QED) is 0.639. The number of ether oxygens (including phenoxy) is 1. The van der Waals surface area contributed by atoms with Crippen LogP contribution in [-0.4, -0.2) is 60.9 Å². The maximum atomic E-state index is 13.0. The van der Waals surface area contributed by atoms with Gasteiger partial charge in [-0.1, -0.05) is 12.1 Å². The molecule has 0 fully saturated rings. The highest BCUT2D eigenvalue weighted by Crippen LogP contribution is 2.38. The minimum absolute atomic E-state index is 0.0674. The molecule has 0 radical (unpaired) electrons. The monoisotopic (exact) mass is 410 g/mol. The number of benzene rings is 1. The summed E-state index contributed by atoms with van der Waals surface area (Å²) in [6.45, 7) is 1.19. The lowest BCUT2D eigenvalue weighted by atomic mass is 9.95. The number of allylic oxidation sites excluding steroid dienone is 1. The average molecular weight is 410 g/mol. The molecule has 0 bridgehead atoms. The maximum Gasteiger partial charge on any atom is 0.290 e. The highest BCUT2D eigenvalue weighted by molar-refractivity contribution is 6.14. The molecule has 0 aliphatic carbocycles. The molecular formula is C23H26N2O5. The number of amides is 1. The second-order valence-electron chi connectivity index (χ2n) is 7.31. The second kappa shape index (κ2) is 9.45. The van der Waals surface area contributed by atoms with E-state index in [1.807, 2.05) is 19.0 Å². The molecule has 7 nitrogen and oxygen atoms in total. The van der Waals surface area contributed by atoms with E-state index >= 15 is 0 Å². The standard InChI is InChI=1S/C23H26N2O5/c1-24(2)13-5-14-25-21(16-7-9-17(29-3)10-8-16)20(22(27)23(25)28)19(26)12-11-18-6-4-15-30-18/h4,6-12,15,21,27H,5,13-14H2,1-3H3. The highest BCUT2D eigenvalue weighted by atomic mass is 16.5. The fraction of sp³-hybridized carbons (Fsp3) is 0.304. The molecule has 1 unspecified atom stereocenters. The molecule has 30 heavy (non-hydrogen) atoms. The van der Waals surface area contributed by atoms with Gasteiger partial charge in [0.15, 0.2) is 11.5 Å². The van der Waals surface area contributed by atoms with E-state index in [1.54, 1.807) is 48.4 Å². The van der Waals surface area contributed by atoms with Crippen LogP contribution in [0.3, 0.4) is 0 Å². The molecule has 0 saturated heterocycles. The number of ketones is 1. The first kappa shape index (κ1) is 21.4. The predicted molar refractivity (Wildman–Crippen MR) is 113 cm³/mol. The smallest absolute Gasteiger partial charge is 0.290 e. The summed E-state index contributed by atoms with van der Waals surface area (Å²) >= 11 is 0. The third kappa shape index (κ3) is 4.63. The number of hydrogen-bond acceptors (Lipinski definition) is 6. The Hall–Kier alpha value is -3.32. The molecule has 158 valence electrons. The van der Waals surface area contributed by atoms with Crippen molar-refractivity contribution in [1.82, 2.24) is 9.80 Å². The van der Waals surface area contributed by atoms with E-state index in [0.717, 1.165) is 12.1 Å². The number of hydrogen-bond donors (Lipinski definition) is 1. The average Bonchev–Trinajstić information content (AvgIpc) is 3.34. The van der Waals surface area contributed by atoms with Crippen LogP contribution in [-0.2, 0) is 9.59 Å². The normalized spacial score (nSPS) is 16.9. The van der Waals surface area contributed by atoms with E-state index in [-0.39, 0.29) is 5.57 Å². The SMILES string of the molecule is COc1ccc(C2C(C(=O)C=Cc3ccco3)=C(O)C(=O)N2CCCN(C)C)cc1. The van der Waals surface area contributed by atoms with Crippen LogP contribution in [0.25, 0.3) is 6.08 Å². The van der Waals surface area contributed by atoms with Crippen molar-refractivity contribution in [2.24, 2.45) is 0 Å². The number of nitrogens with zero attached hydrogens (tertiary/aromatic N) is 2. The Balaban J connectivity index is 1.93. The van der Waals surface area contributed by atoms with Gasteiger partial charge < -0.3 is 24.1 Å². The zero-order valence-corrected chi connectivity index (χ0v) is 17.4. The van der Waals surface area contributed by atoms with E-state index in [0.29, 0.717) is 24.5 Å². The zero-order valence-electron chi connectivity index (χ0n) is 17.4. The third-order valence-electron chi connectivity index (χ3n) is 4.95. The summed E-state index contributed by atoms with van der Waals surface area (Å²) in [5.41, 5.74) is 0.797. The number of methoxy groups -OCH3 is 1. The summed E-state index contributed by atoms with van der Waals surface area (Å²) in [6, 6.07) is 9.91. The van der Waals surface area contributed by atoms with Crippen LogP contribution in [0.4, 0.5) is 0 Å². The van der Waals surface area contributed by atoms with E-state index in [9.17, 15) is 14.7 Å². The fourth-order valence-electron chi connectivity index (χ4n) is 3.46. The number of carbonyl (C=O) groups excluding carboxylic acids is 2. The van der Waals surface area contributed by atoms with Gasteiger partial charge in [-0.15, -0.1) is 0 Å². The molecule has 1 aliphatic rings. The Morgan fingerprint density at radius 1 is 1.27 bits per heavy atom. The molecule has 2 aromatic rings. The van der Waals surface area contributed by atoms with Crippen LogP contribution >= 0.6 is 0 Å². The van der Waals surface area contributed by atoms with Gasteiger partial charge in [-0.2, -0.15) is 0 Å². The second-order valence-corrected chi connectivity index (χ2v) is 7.31. The Kier molecular flexibility index (Phi) is 6.74. The Labute approximate surface area is 175 Å². The van der Waals surface area contributed by atoms with E-state index < -0.39 is 23.5 Å². The topological polar surface area (TPSA) is 83.2 Å². The van der Waals surface area contributed by atoms with Crippen molar-refractivity contribution in [1.29, 1.82) is 0 Å². The van der Waals surface area contributed by atoms with Gasteiger partial charge in [0.2, 0.25) is 0 Å². The molecule has 0 saturated carbocycles. The number of aliphatic hydroxyl groups is 1. The lowest BCUT2D eigenvalue weighted by Gasteiger charge is -2.27. The van der Waals surface area contributed by atoms with Gasteiger partial charge in [-0.3, -0.25) is 9.59 Å². The van der Waals surface area contributed by atoms with Gasteiger partial charge in [0.1, 0.15) is 11.5 Å². The molecule has 3 rings (SSSR count). The molecular weight excluding hydrogens is 384 g/mol. The van der Waals surface area contributed by atoms with Crippen LogP contribution < -0.4 is 4.74 Å².